The first kappa shape index (κ1) is 7.45. The van der Waals surface area contributed by atoms with E-state index in [2.05, 4.69) is 21.3 Å². The Balaban J connectivity index is 1.71. The summed E-state index contributed by atoms with van der Waals surface area (Å²) in [6, 6.07) is 0. The minimum absolute atomic E-state index is 0.0121. The molecule has 2 aliphatic rings. The molecular weight excluding hydrogens is 144 g/mol. The SMILES string of the molecule is C1CNC(OC2NCCN2)N1. The smallest absolute Gasteiger partial charge is 0.167 e. The van der Waals surface area contributed by atoms with Gasteiger partial charge in [-0.1, -0.05) is 0 Å². The van der Waals surface area contributed by atoms with E-state index in [1.54, 1.807) is 0 Å². The normalized spacial score (nSPS) is 28.4. The molecule has 11 heavy (non-hydrogen) atoms. The Morgan fingerprint density at radius 2 is 1.09 bits per heavy atom. The van der Waals surface area contributed by atoms with Gasteiger partial charge in [-0.3, -0.25) is 21.3 Å². The lowest BCUT2D eigenvalue weighted by atomic mass is 10.7. The summed E-state index contributed by atoms with van der Waals surface area (Å²) >= 11 is 0. The van der Waals surface area contributed by atoms with Gasteiger partial charge in [0.25, 0.3) is 0 Å². The summed E-state index contributed by atoms with van der Waals surface area (Å²) in [5.74, 6) is 0. The van der Waals surface area contributed by atoms with Gasteiger partial charge in [-0.05, 0) is 0 Å². The van der Waals surface area contributed by atoms with E-state index in [9.17, 15) is 0 Å². The van der Waals surface area contributed by atoms with E-state index in [4.69, 9.17) is 4.74 Å². The van der Waals surface area contributed by atoms with E-state index in [1.807, 2.05) is 0 Å². The van der Waals surface area contributed by atoms with Crippen LogP contribution in [0, 0.1) is 0 Å². The molecule has 0 bridgehead atoms. The lowest BCUT2D eigenvalue weighted by molar-refractivity contribution is -0.0494. The number of ether oxygens (including phenoxy) is 1. The molecule has 0 aromatic heterocycles. The van der Waals surface area contributed by atoms with Crippen molar-refractivity contribution in [3.05, 3.63) is 0 Å². The molecule has 2 aliphatic heterocycles. The number of rotatable bonds is 2. The number of hydrogen-bond acceptors (Lipinski definition) is 5. The van der Waals surface area contributed by atoms with Crippen molar-refractivity contribution in [3.8, 4) is 0 Å². The van der Waals surface area contributed by atoms with Gasteiger partial charge in [-0.2, -0.15) is 0 Å². The zero-order valence-corrected chi connectivity index (χ0v) is 6.39. The first-order valence-electron chi connectivity index (χ1n) is 4.04. The third kappa shape index (κ3) is 1.88. The maximum Gasteiger partial charge on any atom is 0.167 e. The van der Waals surface area contributed by atoms with E-state index in [0.29, 0.717) is 0 Å². The highest BCUT2D eigenvalue weighted by Gasteiger charge is 2.20. The summed E-state index contributed by atoms with van der Waals surface area (Å²) in [6.07, 6.45) is 0.0243. The van der Waals surface area contributed by atoms with Crippen LogP contribution in [0.1, 0.15) is 0 Å². The summed E-state index contributed by atoms with van der Waals surface area (Å²) in [5.41, 5.74) is 0. The van der Waals surface area contributed by atoms with Gasteiger partial charge in [0.15, 0.2) is 12.7 Å². The third-order valence-corrected chi connectivity index (χ3v) is 1.84. The molecule has 0 aliphatic carbocycles. The van der Waals surface area contributed by atoms with E-state index < -0.39 is 0 Å². The molecule has 0 radical (unpaired) electrons. The molecule has 5 heteroatoms. The van der Waals surface area contributed by atoms with Crippen LogP contribution in [0.25, 0.3) is 0 Å². The van der Waals surface area contributed by atoms with Crippen LogP contribution in [-0.2, 0) is 4.74 Å². The Morgan fingerprint density at radius 1 is 0.727 bits per heavy atom. The topological polar surface area (TPSA) is 57.4 Å². The van der Waals surface area contributed by atoms with Crippen molar-refractivity contribution in [1.82, 2.24) is 21.3 Å². The predicted octanol–water partition coefficient (Wildman–Crippen LogP) is -2.04. The van der Waals surface area contributed by atoms with Gasteiger partial charge in [0.05, 0.1) is 0 Å². The van der Waals surface area contributed by atoms with E-state index in [1.165, 1.54) is 0 Å². The van der Waals surface area contributed by atoms with Crippen molar-refractivity contribution in [1.29, 1.82) is 0 Å². The summed E-state index contributed by atoms with van der Waals surface area (Å²) < 4.78 is 5.53. The van der Waals surface area contributed by atoms with Gasteiger partial charge in [-0.25, -0.2) is 0 Å². The second-order valence-electron chi connectivity index (χ2n) is 2.71. The average molecular weight is 158 g/mol. The second kappa shape index (κ2) is 3.46. The second-order valence-corrected chi connectivity index (χ2v) is 2.71. The van der Waals surface area contributed by atoms with Crippen LogP contribution in [0.15, 0.2) is 0 Å². The molecule has 5 nitrogen and oxygen atoms in total. The molecule has 2 heterocycles. The average Bonchev–Trinajstić information content (AvgIpc) is 2.60. The molecule has 0 unspecified atom stereocenters. The van der Waals surface area contributed by atoms with Crippen LogP contribution in [-0.4, -0.2) is 38.9 Å². The number of hydrogen-bond donors (Lipinski definition) is 4. The standard InChI is InChI=1S/C6H14N4O/c1-2-8-5(7-1)11-6-9-3-4-10-6/h5-10H,1-4H2. The van der Waals surface area contributed by atoms with Crippen LogP contribution in [0.2, 0.25) is 0 Å². The van der Waals surface area contributed by atoms with Crippen molar-refractivity contribution in [2.75, 3.05) is 26.2 Å². The zero-order chi connectivity index (χ0) is 7.52. The molecule has 2 fully saturated rings. The maximum atomic E-state index is 5.53. The van der Waals surface area contributed by atoms with Gasteiger partial charge in [0.2, 0.25) is 0 Å². The summed E-state index contributed by atoms with van der Waals surface area (Å²) in [4.78, 5) is 0. The van der Waals surface area contributed by atoms with Crippen molar-refractivity contribution >= 4 is 0 Å². The predicted molar refractivity (Wildman–Crippen MR) is 40.7 cm³/mol. The van der Waals surface area contributed by atoms with Crippen molar-refractivity contribution in [2.24, 2.45) is 0 Å². The van der Waals surface area contributed by atoms with Crippen LogP contribution < -0.4 is 21.3 Å². The van der Waals surface area contributed by atoms with Crippen molar-refractivity contribution < 1.29 is 4.74 Å². The molecule has 2 rings (SSSR count). The summed E-state index contributed by atoms with van der Waals surface area (Å²) in [5, 5.41) is 12.7. The third-order valence-electron chi connectivity index (χ3n) is 1.84. The summed E-state index contributed by atoms with van der Waals surface area (Å²) in [6.45, 7) is 3.93. The molecule has 64 valence electrons. The lowest BCUT2D eigenvalue weighted by Crippen LogP contribution is -2.45. The fraction of sp³-hybridized carbons (Fsp3) is 1.00. The van der Waals surface area contributed by atoms with Crippen LogP contribution in [0.5, 0.6) is 0 Å². The Bertz CT molecular complexity index is 106. The Kier molecular flexibility index (Phi) is 2.35. The molecule has 0 aromatic rings. The van der Waals surface area contributed by atoms with Crippen LogP contribution in [0.3, 0.4) is 0 Å². The molecule has 2 saturated heterocycles. The van der Waals surface area contributed by atoms with Gasteiger partial charge >= 0.3 is 0 Å². The highest BCUT2D eigenvalue weighted by atomic mass is 16.5. The molecular formula is C6H14N4O. The van der Waals surface area contributed by atoms with Gasteiger partial charge < -0.3 is 4.74 Å². The zero-order valence-electron chi connectivity index (χ0n) is 6.39. The van der Waals surface area contributed by atoms with Gasteiger partial charge in [0, 0.05) is 26.2 Å². The quantitative estimate of drug-likeness (QED) is 0.373. The maximum absolute atomic E-state index is 5.53. The molecule has 0 saturated carbocycles. The highest BCUT2D eigenvalue weighted by molar-refractivity contribution is 4.69. The first-order valence-corrected chi connectivity index (χ1v) is 4.04. The van der Waals surface area contributed by atoms with Crippen molar-refractivity contribution in [3.63, 3.8) is 0 Å². The highest BCUT2D eigenvalue weighted by Crippen LogP contribution is 1.94. The van der Waals surface area contributed by atoms with Crippen LogP contribution >= 0.6 is 0 Å². The Hall–Kier alpha value is -0.200. The van der Waals surface area contributed by atoms with Gasteiger partial charge in [0.1, 0.15) is 0 Å². The van der Waals surface area contributed by atoms with E-state index >= 15 is 0 Å². The van der Waals surface area contributed by atoms with E-state index in [-0.39, 0.29) is 12.7 Å². The largest absolute Gasteiger partial charge is 0.318 e. The fourth-order valence-corrected chi connectivity index (χ4v) is 1.29. The van der Waals surface area contributed by atoms with Crippen molar-refractivity contribution in [2.45, 2.75) is 12.7 Å². The molecule has 0 atom stereocenters. The molecule has 0 amide bonds. The molecule has 0 spiro atoms. The molecule has 4 N–H and O–H groups in total. The van der Waals surface area contributed by atoms with Gasteiger partial charge in [-0.15, -0.1) is 0 Å². The molecule has 0 aromatic carbocycles. The Labute approximate surface area is 65.9 Å². The monoisotopic (exact) mass is 158 g/mol. The van der Waals surface area contributed by atoms with Crippen LogP contribution in [0.4, 0.5) is 0 Å². The Morgan fingerprint density at radius 3 is 1.45 bits per heavy atom. The minimum Gasteiger partial charge on any atom is -0.318 e. The minimum atomic E-state index is 0.0121. The fourth-order valence-electron chi connectivity index (χ4n) is 1.29. The summed E-state index contributed by atoms with van der Waals surface area (Å²) in [7, 11) is 0. The first-order chi connectivity index (χ1) is 5.45. The lowest BCUT2D eigenvalue weighted by Gasteiger charge is -2.17. The number of nitrogens with one attached hydrogen (secondary N) is 4. The van der Waals surface area contributed by atoms with E-state index in [0.717, 1.165) is 26.2 Å².